The molecule has 4 rings (SSSR count). The fourth-order valence-corrected chi connectivity index (χ4v) is 4.70. The first kappa shape index (κ1) is 16.1. The Hall–Kier alpha value is -1.41. The number of aliphatic hydroxyl groups is 1. The SMILES string of the molecule is O=C(c1ccc(Cl)o1)N1CC2CN(Cc3nccs3)CC2(CO)C1. The first-order valence-corrected chi connectivity index (χ1v) is 9.11. The lowest BCUT2D eigenvalue weighted by Crippen LogP contribution is -2.38. The van der Waals surface area contributed by atoms with Crippen LogP contribution in [-0.2, 0) is 6.54 Å². The van der Waals surface area contributed by atoms with Gasteiger partial charge in [-0.2, -0.15) is 0 Å². The highest BCUT2D eigenvalue weighted by atomic mass is 35.5. The van der Waals surface area contributed by atoms with Crippen molar-refractivity contribution in [3.8, 4) is 0 Å². The van der Waals surface area contributed by atoms with Gasteiger partial charge in [-0.1, -0.05) is 0 Å². The first-order valence-electron chi connectivity index (χ1n) is 7.86. The molecule has 1 amide bonds. The average molecular weight is 368 g/mol. The Bertz CT molecular complexity index is 735. The van der Waals surface area contributed by atoms with E-state index in [-0.39, 0.29) is 34.8 Å². The third-order valence-corrected chi connectivity index (χ3v) is 6.03. The van der Waals surface area contributed by atoms with Crippen LogP contribution in [0.25, 0.3) is 0 Å². The van der Waals surface area contributed by atoms with Crippen molar-refractivity contribution in [3.05, 3.63) is 39.7 Å². The maximum atomic E-state index is 12.6. The van der Waals surface area contributed by atoms with E-state index >= 15 is 0 Å². The van der Waals surface area contributed by atoms with Gasteiger partial charge in [0.2, 0.25) is 0 Å². The molecule has 2 aromatic heterocycles. The number of furan rings is 1. The quantitative estimate of drug-likeness (QED) is 0.894. The number of aromatic nitrogens is 1. The lowest BCUT2D eigenvalue weighted by atomic mass is 9.82. The summed E-state index contributed by atoms with van der Waals surface area (Å²) in [5.41, 5.74) is -0.261. The zero-order valence-electron chi connectivity index (χ0n) is 13.0. The second-order valence-corrected chi connectivity index (χ2v) is 7.95. The summed E-state index contributed by atoms with van der Waals surface area (Å²) in [7, 11) is 0. The molecule has 4 heterocycles. The number of thiazole rings is 1. The van der Waals surface area contributed by atoms with Crippen LogP contribution >= 0.6 is 22.9 Å². The largest absolute Gasteiger partial charge is 0.440 e. The molecule has 2 atom stereocenters. The summed E-state index contributed by atoms with van der Waals surface area (Å²) < 4.78 is 5.23. The summed E-state index contributed by atoms with van der Waals surface area (Å²) in [6.45, 7) is 3.69. The number of carbonyl (C=O) groups excluding carboxylic acids is 1. The molecule has 1 N–H and O–H groups in total. The molecule has 2 aromatic rings. The molecule has 2 aliphatic rings. The van der Waals surface area contributed by atoms with Crippen LogP contribution in [0.5, 0.6) is 0 Å². The van der Waals surface area contributed by atoms with Crippen molar-refractivity contribution in [2.24, 2.45) is 11.3 Å². The molecule has 2 unspecified atom stereocenters. The molecule has 0 radical (unpaired) electrons. The van der Waals surface area contributed by atoms with Crippen LogP contribution in [0, 0.1) is 11.3 Å². The molecule has 24 heavy (non-hydrogen) atoms. The summed E-state index contributed by atoms with van der Waals surface area (Å²) in [5.74, 6) is 0.361. The second-order valence-electron chi connectivity index (χ2n) is 6.60. The van der Waals surface area contributed by atoms with Gasteiger partial charge in [0.25, 0.3) is 5.91 Å². The van der Waals surface area contributed by atoms with Crippen molar-refractivity contribution in [1.29, 1.82) is 0 Å². The number of likely N-dealkylation sites (tertiary alicyclic amines) is 2. The summed E-state index contributed by atoms with van der Waals surface area (Å²) >= 11 is 7.40. The molecule has 0 bridgehead atoms. The van der Waals surface area contributed by atoms with E-state index in [9.17, 15) is 9.90 Å². The molecule has 0 aliphatic carbocycles. The van der Waals surface area contributed by atoms with Gasteiger partial charge in [0, 0.05) is 43.2 Å². The molecule has 2 fully saturated rings. The molecule has 2 aliphatic heterocycles. The molecule has 8 heteroatoms. The highest BCUT2D eigenvalue weighted by Gasteiger charge is 2.53. The number of hydrogen-bond donors (Lipinski definition) is 1. The van der Waals surface area contributed by atoms with E-state index in [1.165, 1.54) is 0 Å². The van der Waals surface area contributed by atoms with Crippen molar-refractivity contribution < 1.29 is 14.3 Å². The van der Waals surface area contributed by atoms with Crippen LogP contribution in [0.1, 0.15) is 15.6 Å². The molecule has 0 spiro atoms. The van der Waals surface area contributed by atoms with Crippen LogP contribution in [0.2, 0.25) is 5.22 Å². The Kier molecular flexibility index (Phi) is 4.12. The Morgan fingerprint density at radius 1 is 1.46 bits per heavy atom. The third-order valence-electron chi connectivity index (χ3n) is 5.06. The van der Waals surface area contributed by atoms with Gasteiger partial charge >= 0.3 is 0 Å². The number of hydrogen-bond acceptors (Lipinski definition) is 6. The molecule has 2 saturated heterocycles. The van der Waals surface area contributed by atoms with Crippen LogP contribution in [0.4, 0.5) is 0 Å². The van der Waals surface area contributed by atoms with Gasteiger partial charge < -0.3 is 14.4 Å². The van der Waals surface area contributed by atoms with Gasteiger partial charge in [-0.25, -0.2) is 4.98 Å². The number of nitrogens with zero attached hydrogens (tertiary/aromatic N) is 3. The van der Waals surface area contributed by atoms with Gasteiger partial charge in [0.1, 0.15) is 5.01 Å². The molecule has 6 nitrogen and oxygen atoms in total. The molecule has 128 valence electrons. The topological polar surface area (TPSA) is 69.8 Å². The molecule has 0 saturated carbocycles. The zero-order valence-corrected chi connectivity index (χ0v) is 14.6. The minimum Gasteiger partial charge on any atom is -0.440 e. The fraction of sp³-hybridized carbons (Fsp3) is 0.500. The van der Waals surface area contributed by atoms with Crippen molar-refractivity contribution in [2.45, 2.75) is 6.54 Å². The number of amides is 1. The maximum absolute atomic E-state index is 12.6. The number of carbonyl (C=O) groups is 1. The number of fused-ring (bicyclic) bond motifs is 1. The van der Waals surface area contributed by atoms with Crippen molar-refractivity contribution in [2.75, 3.05) is 32.8 Å². The Balaban J connectivity index is 1.46. The standard InChI is InChI=1S/C16H18ClN3O3S/c17-13-2-1-12(23-13)15(22)20-6-11-5-19(7-14-18-3-4-24-14)8-16(11,9-20)10-21/h1-4,11,21H,5-10H2. The molecule has 0 aromatic carbocycles. The Labute approximate surface area is 148 Å². The van der Waals surface area contributed by atoms with E-state index in [4.69, 9.17) is 16.0 Å². The van der Waals surface area contributed by atoms with Crippen molar-refractivity contribution >= 4 is 28.8 Å². The number of halogens is 1. The van der Waals surface area contributed by atoms with Crippen molar-refractivity contribution in [1.82, 2.24) is 14.8 Å². The van der Waals surface area contributed by atoms with E-state index in [1.807, 2.05) is 11.6 Å². The van der Waals surface area contributed by atoms with Crippen LogP contribution < -0.4 is 0 Å². The molecular weight excluding hydrogens is 350 g/mol. The van der Waals surface area contributed by atoms with Gasteiger partial charge in [0.15, 0.2) is 11.0 Å². The zero-order chi connectivity index (χ0) is 16.7. The summed E-state index contributed by atoms with van der Waals surface area (Å²) in [6, 6.07) is 3.17. The average Bonchev–Trinajstić information content (AvgIpc) is 3.30. The lowest BCUT2D eigenvalue weighted by Gasteiger charge is -2.26. The van der Waals surface area contributed by atoms with Crippen LogP contribution in [0.15, 0.2) is 28.1 Å². The van der Waals surface area contributed by atoms with Crippen LogP contribution in [-0.4, -0.2) is 58.6 Å². The van der Waals surface area contributed by atoms with Gasteiger partial charge in [-0.3, -0.25) is 9.69 Å². The first-order chi connectivity index (χ1) is 11.6. The van der Waals surface area contributed by atoms with E-state index in [0.29, 0.717) is 13.1 Å². The predicted molar refractivity (Wildman–Crippen MR) is 90.0 cm³/mol. The summed E-state index contributed by atoms with van der Waals surface area (Å²) in [5, 5.41) is 13.3. The predicted octanol–water partition coefficient (Wildman–Crippen LogP) is 1.96. The van der Waals surface area contributed by atoms with Gasteiger partial charge in [-0.05, 0) is 29.7 Å². The highest BCUT2D eigenvalue weighted by molar-refractivity contribution is 7.09. The highest BCUT2D eigenvalue weighted by Crippen LogP contribution is 2.43. The second kappa shape index (κ2) is 6.15. The monoisotopic (exact) mass is 367 g/mol. The van der Waals surface area contributed by atoms with Crippen molar-refractivity contribution in [3.63, 3.8) is 0 Å². The normalized spacial score (nSPS) is 26.9. The lowest BCUT2D eigenvalue weighted by molar-refractivity contribution is 0.0689. The van der Waals surface area contributed by atoms with Crippen LogP contribution in [0.3, 0.4) is 0 Å². The number of aliphatic hydroxyl groups excluding tert-OH is 1. The van der Waals surface area contributed by atoms with Gasteiger partial charge in [-0.15, -0.1) is 11.3 Å². The fourth-order valence-electron chi connectivity index (χ4n) is 3.90. The van der Waals surface area contributed by atoms with E-state index in [0.717, 1.165) is 24.6 Å². The summed E-state index contributed by atoms with van der Waals surface area (Å²) in [6.07, 6.45) is 1.81. The smallest absolute Gasteiger partial charge is 0.289 e. The van der Waals surface area contributed by atoms with Gasteiger partial charge in [0.05, 0.1) is 13.2 Å². The third kappa shape index (κ3) is 2.75. The molecular formula is C16H18ClN3O3S. The minimum absolute atomic E-state index is 0.0781. The Morgan fingerprint density at radius 2 is 2.33 bits per heavy atom. The van der Waals surface area contributed by atoms with E-state index in [1.54, 1.807) is 28.4 Å². The Morgan fingerprint density at radius 3 is 2.96 bits per heavy atom. The summed E-state index contributed by atoms with van der Waals surface area (Å²) in [4.78, 5) is 21.0. The number of rotatable bonds is 4. The minimum atomic E-state index is -0.261. The van der Waals surface area contributed by atoms with E-state index < -0.39 is 0 Å². The van der Waals surface area contributed by atoms with E-state index in [2.05, 4.69) is 9.88 Å². The maximum Gasteiger partial charge on any atom is 0.289 e.